The van der Waals surface area contributed by atoms with Gasteiger partial charge in [-0.1, -0.05) is 11.6 Å². The van der Waals surface area contributed by atoms with Crippen molar-refractivity contribution in [1.82, 2.24) is 4.90 Å². The van der Waals surface area contributed by atoms with Gasteiger partial charge in [0.25, 0.3) is 11.4 Å². The maximum Gasteiger partial charge on any atom is 0.410 e. The molecule has 12 heteroatoms. The van der Waals surface area contributed by atoms with E-state index in [0.717, 1.165) is 0 Å². The summed E-state index contributed by atoms with van der Waals surface area (Å²) in [6, 6.07) is 8.73. The van der Waals surface area contributed by atoms with Crippen LogP contribution >= 0.6 is 11.6 Å². The molecule has 1 saturated heterocycles. The van der Waals surface area contributed by atoms with Crippen molar-refractivity contribution in [3.63, 3.8) is 0 Å². The Morgan fingerprint density at radius 2 is 1.75 bits per heavy atom. The van der Waals surface area contributed by atoms with Gasteiger partial charge in [0, 0.05) is 29.8 Å². The predicted molar refractivity (Wildman–Crippen MR) is 111 cm³/mol. The zero-order valence-corrected chi connectivity index (χ0v) is 17.4. The monoisotopic (exact) mass is 463 g/mol. The number of nitrogens with zero attached hydrogens (tertiary/aromatic N) is 3. The van der Waals surface area contributed by atoms with Crippen molar-refractivity contribution in [3.05, 3.63) is 78.8 Å². The lowest BCUT2D eigenvalue weighted by atomic mass is 10.2. The number of ether oxygens (including phenoxy) is 2. The highest BCUT2D eigenvalue weighted by molar-refractivity contribution is 6.30. The summed E-state index contributed by atoms with van der Waals surface area (Å²) in [6.45, 7) is -0.181. The summed E-state index contributed by atoms with van der Waals surface area (Å²) in [6.07, 6.45) is 0.159. The summed E-state index contributed by atoms with van der Waals surface area (Å²) in [4.78, 5) is 46.9. The second-order valence-electron chi connectivity index (χ2n) is 6.97. The molecule has 0 N–H and O–H groups in total. The van der Waals surface area contributed by atoms with E-state index in [4.69, 9.17) is 21.1 Å². The van der Waals surface area contributed by atoms with E-state index in [1.807, 2.05) is 0 Å². The number of hydrogen-bond donors (Lipinski definition) is 0. The highest BCUT2D eigenvalue weighted by atomic mass is 35.5. The third kappa shape index (κ3) is 5.49. The maximum atomic E-state index is 12.5. The van der Waals surface area contributed by atoms with Crippen molar-refractivity contribution in [1.29, 1.82) is 0 Å². The van der Waals surface area contributed by atoms with Crippen molar-refractivity contribution < 1.29 is 28.9 Å². The van der Waals surface area contributed by atoms with Gasteiger partial charge in [0.05, 0.1) is 15.4 Å². The molecule has 1 heterocycles. The molecule has 1 unspecified atom stereocenters. The van der Waals surface area contributed by atoms with Gasteiger partial charge in [-0.25, -0.2) is 9.59 Å². The molecular weight excluding hydrogens is 446 g/mol. The van der Waals surface area contributed by atoms with E-state index in [9.17, 15) is 29.8 Å². The molecule has 1 aliphatic heterocycles. The van der Waals surface area contributed by atoms with E-state index >= 15 is 0 Å². The first-order valence-electron chi connectivity index (χ1n) is 9.52. The fourth-order valence-corrected chi connectivity index (χ4v) is 3.41. The molecule has 0 aliphatic carbocycles. The Labute approximate surface area is 186 Å². The van der Waals surface area contributed by atoms with Crippen molar-refractivity contribution in [2.75, 3.05) is 6.54 Å². The van der Waals surface area contributed by atoms with Crippen LogP contribution in [-0.4, -0.2) is 39.4 Å². The third-order valence-corrected chi connectivity index (χ3v) is 5.12. The number of carbonyl (C=O) groups excluding carboxylic acids is 2. The van der Waals surface area contributed by atoms with Crippen LogP contribution in [0.2, 0.25) is 5.02 Å². The lowest BCUT2D eigenvalue weighted by Crippen LogP contribution is -2.41. The minimum Gasteiger partial charge on any atom is -0.459 e. The van der Waals surface area contributed by atoms with Crippen LogP contribution in [0.15, 0.2) is 42.5 Å². The molecule has 0 saturated carbocycles. The number of likely N-dealkylation sites (tertiary alicyclic amines) is 1. The summed E-state index contributed by atoms with van der Waals surface area (Å²) in [7, 11) is 0. The van der Waals surface area contributed by atoms with E-state index in [-0.39, 0.29) is 41.7 Å². The zero-order chi connectivity index (χ0) is 23.3. The molecule has 0 bridgehead atoms. The van der Waals surface area contributed by atoms with E-state index in [1.54, 1.807) is 0 Å². The second kappa shape index (κ2) is 10.1. The van der Waals surface area contributed by atoms with Gasteiger partial charge in [-0.3, -0.25) is 25.1 Å². The molecule has 1 aliphatic rings. The molecule has 3 rings (SSSR count). The lowest BCUT2D eigenvalue weighted by molar-refractivity contribution is -0.385. The summed E-state index contributed by atoms with van der Waals surface area (Å²) >= 11 is 5.77. The fourth-order valence-electron chi connectivity index (χ4n) is 3.25. The largest absolute Gasteiger partial charge is 0.459 e. The van der Waals surface area contributed by atoms with Crippen molar-refractivity contribution in [2.45, 2.75) is 32.1 Å². The predicted octanol–water partition coefficient (Wildman–Crippen LogP) is 4.00. The molecule has 1 atom stereocenters. The Bertz CT molecular complexity index is 1040. The van der Waals surface area contributed by atoms with Gasteiger partial charge < -0.3 is 9.47 Å². The number of esters is 1. The Kier molecular flexibility index (Phi) is 7.21. The number of benzene rings is 2. The van der Waals surface area contributed by atoms with E-state index in [2.05, 4.69) is 0 Å². The molecule has 168 valence electrons. The van der Waals surface area contributed by atoms with Crippen molar-refractivity contribution in [3.8, 4) is 0 Å². The number of nitro benzene ring substituents is 2. The molecule has 1 fully saturated rings. The molecule has 2 aromatic rings. The van der Waals surface area contributed by atoms with E-state index in [1.165, 1.54) is 47.4 Å². The van der Waals surface area contributed by atoms with Crippen LogP contribution in [0.5, 0.6) is 0 Å². The van der Waals surface area contributed by atoms with Crippen molar-refractivity contribution in [2.24, 2.45) is 0 Å². The lowest BCUT2D eigenvalue weighted by Gasteiger charge is -2.22. The van der Waals surface area contributed by atoms with Crippen LogP contribution in [0, 0.1) is 20.2 Å². The van der Waals surface area contributed by atoms with Gasteiger partial charge in [-0.15, -0.1) is 0 Å². The van der Waals surface area contributed by atoms with Crippen LogP contribution in [0.4, 0.5) is 16.2 Å². The highest BCUT2D eigenvalue weighted by Gasteiger charge is 2.36. The molecule has 0 spiro atoms. The Morgan fingerprint density at radius 3 is 2.41 bits per heavy atom. The van der Waals surface area contributed by atoms with Gasteiger partial charge in [-0.2, -0.15) is 0 Å². The van der Waals surface area contributed by atoms with Gasteiger partial charge in [0.2, 0.25) is 0 Å². The molecule has 1 amide bonds. The number of amides is 1. The topological polar surface area (TPSA) is 142 Å². The number of halogens is 1. The smallest absolute Gasteiger partial charge is 0.410 e. The number of carbonyl (C=O) groups is 2. The zero-order valence-electron chi connectivity index (χ0n) is 16.6. The second-order valence-corrected chi connectivity index (χ2v) is 7.40. The van der Waals surface area contributed by atoms with Gasteiger partial charge in [0.15, 0.2) is 0 Å². The summed E-state index contributed by atoms with van der Waals surface area (Å²) in [5.41, 5.74) is 0.381. The molecule has 2 aromatic carbocycles. The van der Waals surface area contributed by atoms with Gasteiger partial charge >= 0.3 is 12.1 Å². The van der Waals surface area contributed by atoms with Crippen molar-refractivity contribution >= 4 is 35.0 Å². The molecule has 11 nitrogen and oxygen atoms in total. The first-order valence-corrected chi connectivity index (χ1v) is 9.90. The Morgan fingerprint density at radius 1 is 1.03 bits per heavy atom. The standard InChI is InChI=1S/C20H18ClN3O8/c21-15-6-5-14(18(10-15)24(29)30)12-32-20(26)22-9-1-2-17(22)19(25)31-11-13-3-7-16(8-4-13)23(27)28/h3-8,10,17H,1-2,9,11-12H2. The van der Waals surface area contributed by atoms with Crippen LogP contribution in [0.3, 0.4) is 0 Å². The van der Waals surface area contributed by atoms with Gasteiger partial charge in [0.1, 0.15) is 19.3 Å². The number of nitro groups is 2. The minimum atomic E-state index is -0.847. The van der Waals surface area contributed by atoms with Crippen LogP contribution in [0.1, 0.15) is 24.0 Å². The highest BCUT2D eigenvalue weighted by Crippen LogP contribution is 2.25. The first-order chi connectivity index (χ1) is 15.3. The number of hydrogen-bond acceptors (Lipinski definition) is 8. The van der Waals surface area contributed by atoms with E-state index in [0.29, 0.717) is 18.4 Å². The van der Waals surface area contributed by atoms with Crippen LogP contribution in [0.25, 0.3) is 0 Å². The van der Waals surface area contributed by atoms with Crippen LogP contribution in [-0.2, 0) is 27.5 Å². The Balaban J connectivity index is 1.57. The maximum absolute atomic E-state index is 12.5. The molecule has 0 aromatic heterocycles. The molecule has 0 radical (unpaired) electrons. The van der Waals surface area contributed by atoms with Crippen LogP contribution < -0.4 is 0 Å². The number of rotatable bonds is 7. The SMILES string of the molecule is O=C(OCc1ccc([N+](=O)[O-])cc1)C1CCCN1C(=O)OCc1ccc(Cl)cc1[N+](=O)[O-]. The first kappa shape index (κ1) is 22.9. The van der Waals surface area contributed by atoms with E-state index < -0.39 is 28.0 Å². The Hall–Kier alpha value is -3.73. The summed E-state index contributed by atoms with van der Waals surface area (Å²) < 4.78 is 10.4. The van der Waals surface area contributed by atoms with Gasteiger partial charge in [-0.05, 0) is 42.7 Å². The minimum absolute atomic E-state index is 0.0780. The third-order valence-electron chi connectivity index (χ3n) is 4.88. The average molecular weight is 464 g/mol. The normalized spacial score (nSPS) is 15.3. The molecular formula is C20H18ClN3O8. The summed E-state index contributed by atoms with van der Waals surface area (Å²) in [5, 5.41) is 22.0. The molecule has 32 heavy (non-hydrogen) atoms. The number of non-ortho nitro benzene ring substituents is 1. The average Bonchev–Trinajstić information content (AvgIpc) is 3.26. The summed E-state index contributed by atoms with van der Waals surface area (Å²) in [5.74, 6) is -0.629. The fraction of sp³-hybridized carbons (Fsp3) is 0.300. The quantitative estimate of drug-likeness (QED) is 0.340.